The lowest BCUT2D eigenvalue weighted by Crippen LogP contribution is -2.22. The molecule has 0 spiro atoms. The summed E-state index contributed by atoms with van der Waals surface area (Å²) in [4.78, 5) is 0. The Labute approximate surface area is 112 Å². The van der Waals surface area contributed by atoms with Crippen LogP contribution in [0.2, 0.25) is 0 Å². The van der Waals surface area contributed by atoms with Gasteiger partial charge in [-0.25, -0.2) is 0 Å². The first-order valence-corrected chi connectivity index (χ1v) is 6.70. The zero-order valence-corrected chi connectivity index (χ0v) is 12.8. The van der Waals surface area contributed by atoms with E-state index in [0.717, 1.165) is 11.4 Å². The molecule has 0 radical (unpaired) electrons. The maximum Gasteiger partial charge on any atom is 0.141 e. The number of methoxy groups -OCH3 is 1. The average Bonchev–Trinajstić information content (AvgIpc) is 2.27. The quantitative estimate of drug-likeness (QED) is 0.851. The Morgan fingerprint density at radius 1 is 1.11 bits per heavy atom. The third-order valence-electron chi connectivity index (χ3n) is 3.45. The largest absolute Gasteiger partial charge is 0.495 e. The molecule has 0 aliphatic heterocycles. The lowest BCUT2D eigenvalue weighted by atomic mass is 9.86. The monoisotopic (exact) mass is 249 g/mol. The molecule has 0 saturated carbocycles. The van der Waals surface area contributed by atoms with Gasteiger partial charge in [0.1, 0.15) is 5.75 Å². The SMILES string of the molecule is COc1ccc(C(C)(C)C)cc1NC(C)C(C)C. The van der Waals surface area contributed by atoms with Crippen LogP contribution in [0.15, 0.2) is 18.2 Å². The predicted octanol–water partition coefficient (Wildman–Crippen LogP) is 4.45. The summed E-state index contributed by atoms with van der Waals surface area (Å²) in [6.45, 7) is 13.3. The van der Waals surface area contributed by atoms with Gasteiger partial charge in [-0.15, -0.1) is 0 Å². The van der Waals surface area contributed by atoms with Crippen LogP contribution < -0.4 is 10.1 Å². The Kier molecular flexibility index (Phi) is 4.66. The molecule has 102 valence electrons. The van der Waals surface area contributed by atoms with Gasteiger partial charge in [-0.1, -0.05) is 40.7 Å². The van der Waals surface area contributed by atoms with Crippen LogP contribution in [-0.2, 0) is 5.41 Å². The lowest BCUT2D eigenvalue weighted by molar-refractivity contribution is 0.414. The molecule has 1 aromatic rings. The normalized spacial score (nSPS) is 13.6. The Balaban J connectivity index is 3.07. The average molecular weight is 249 g/mol. The fraction of sp³-hybridized carbons (Fsp3) is 0.625. The van der Waals surface area contributed by atoms with E-state index in [2.05, 4.69) is 65.1 Å². The highest BCUT2D eigenvalue weighted by Crippen LogP contribution is 2.32. The summed E-state index contributed by atoms with van der Waals surface area (Å²) in [6.07, 6.45) is 0. The summed E-state index contributed by atoms with van der Waals surface area (Å²) in [5, 5.41) is 3.55. The van der Waals surface area contributed by atoms with Crippen LogP contribution in [0, 0.1) is 5.92 Å². The highest BCUT2D eigenvalue weighted by molar-refractivity contribution is 5.59. The standard InChI is InChI=1S/C16H27NO/c1-11(2)12(3)17-14-10-13(16(4,5)6)8-9-15(14)18-7/h8-12,17H,1-7H3. The smallest absolute Gasteiger partial charge is 0.141 e. The van der Waals surface area contributed by atoms with Crippen molar-refractivity contribution in [3.8, 4) is 5.75 Å². The Bertz CT molecular complexity index is 391. The van der Waals surface area contributed by atoms with Gasteiger partial charge in [-0.2, -0.15) is 0 Å². The van der Waals surface area contributed by atoms with Gasteiger partial charge < -0.3 is 10.1 Å². The van der Waals surface area contributed by atoms with Crippen LogP contribution in [-0.4, -0.2) is 13.2 Å². The minimum Gasteiger partial charge on any atom is -0.495 e. The highest BCUT2D eigenvalue weighted by atomic mass is 16.5. The number of anilines is 1. The first-order chi connectivity index (χ1) is 8.25. The van der Waals surface area contributed by atoms with Crippen molar-refractivity contribution in [2.24, 2.45) is 5.92 Å². The molecule has 0 aliphatic carbocycles. The number of nitrogens with one attached hydrogen (secondary N) is 1. The van der Waals surface area contributed by atoms with Crippen molar-refractivity contribution < 1.29 is 4.74 Å². The second kappa shape index (κ2) is 5.64. The molecule has 0 aliphatic rings. The number of hydrogen-bond donors (Lipinski definition) is 1. The van der Waals surface area contributed by atoms with Crippen LogP contribution in [0.5, 0.6) is 5.75 Å². The van der Waals surface area contributed by atoms with Gasteiger partial charge in [0.05, 0.1) is 12.8 Å². The number of benzene rings is 1. The molecule has 18 heavy (non-hydrogen) atoms. The van der Waals surface area contributed by atoms with Crippen molar-refractivity contribution in [2.45, 2.75) is 53.0 Å². The Hall–Kier alpha value is -1.18. The second-order valence-corrected chi connectivity index (χ2v) is 6.34. The molecule has 0 amide bonds. The van der Waals surface area contributed by atoms with E-state index in [1.807, 2.05) is 0 Å². The Morgan fingerprint density at radius 2 is 1.72 bits per heavy atom. The molecule has 0 saturated heterocycles. The maximum atomic E-state index is 5.43. The van der Waals surface area contributed by atoms with Crippen molar-refractivity contribution in [3.05, 3.63) is 23.8 Å². The fourth-order valence-corrected chi connectivity index (χ4v) is 1.70. The third kappa shape index (κ3) is 3.66. The van der Waals surface area contributed by atoms with Gasteiger partial charge in [0.2, 0.25) is 0 Å². The molecule has 0 heterocycles. The zero-order valence-electron chi connectivity index (χ0n) is 12.8. The van der Waals surface area contributed by atoms with Crippen molar-refractivity contribution in [1.29, 1.82) is 0 Å². The molecule has 1 rings (SSSR count). The van der Waals surface area contributed by atoms with Gasteiger partial charge in [0.15, 0.2) is 0 Å². The van der Waals surface area contributed by atoms with Crippen LogP contribution >= 0.6 is 0 Å². The molecule has 1 atom stereocenters. The van der Waals surface area contributed by atoms with Crippen LogP contribution in [0.3, 0.4) is 0 Å². The van der Waals surface area contributed by atoms with E-state index in [-0.39, 0.29) is 5.41 Å². The molecular formula is C16H27NO. The van der Waals surface area contributed by atoms with Gasteiger partial charge in [-0.05, 0) is 36.0 Å². The minimum absolute atomic E-state index is 0.157. The number of rotatable bonds is 4. The van der Waals surface area contributed by atoms with Gasteiger partial charge in [-0.3, -0.25) is 0 Å². The first-order valence-electron chi connectivity index (χ1n) is 6.70. The Morgan fingerprint density at radius 3 is 2.17 bits per heavy atom. The molecule has 0 bridgehead atoms. The van der Waals surface area contributed by atoms with Crippen molar-refractivity contribution in [2.75, 3.05) is 12.4 Å². The maximum absolute atomic E-state index is 5.43. The minimum atomic E-state index is 0.157. The van der Waals surface area contributed by atoms with Crippen LogP contribution in [0.25, 0.3) is 0 Å². The fourth-order valence-electron chi connectivity index (χ4n) is 1.70. The molecule has 2 heteroatoms. The van der Waals surface area contributed by atoms with Gasteiger partial charge in [0, 0.05) is 6.04 Å². The molecule has 1 aromatic carbocycles. The zero-order chi connectivity index (χ0) is 13.9. The van der Waals surface area contributed by atoms with Crippen LogP contribution in [0.1, 0.15) is 47.1 Å². The van der Waals surface area contributed by atoms with E-state index >= 15 is 0 Å². The molecule has 0 fully saturated rings. The molecule has 1 unspecified atom stereocenters. The van der Waals surface area contributed by atoms with Gasteiger partial charge >= 0.3 is 0 Å². The summed E-state index contributed by atoms with van der Waals surface area (Å²) in [5.74, 6) is 1.50. The van der Waals surface area contributed by atoms with Crippen LogP contribution in [0.4, 0.5) is 5.69 Å². The lowest BCUT2D eigenvalue weighted by Gasteiger charge is -2.24. The summed E-state index contributed by atoms with van der Waals surface area (Å²) in [5.41, 5.74) is 2.57. The summed E-state index contributed by atoms with van der Waals surface area (Å²) < 4.78 is 5.43. The predicted molar refractivity (Wildman–Crippen MR) is 79.6 cm³/mol. The molecule has 1 N–H and O–H groups in total. The van der Waals surface area contributed by atoms with Crippen molar-refractivity contribution >= 4 is 5.69 Å². The van der Waals surface area contributed by atoms with E-state index < -0.39 is 0 Å². The molecule has 0 aromatic heterocycles. The molecular weight excluding hydrogens is 222 g/mol. The van der Waals surface area contributed by atoms with E-state index in [0.29, 0.717) is 12.0 Å². The number of hydrogen-bond acceptors (Lipinski definition) is 2. The summed E-state index contributed by atoms with van der Waals surface area (Å²) in [6, 6.07) is 6.83. The van der Waals surface area contributed by atoms with Crippen molar-refractivity contribution in [1.82, 2.24) is 0 Å². The second-order valence-electron chi connectivity index (χ2n) is 6.34. The van der Waals surface area contributed by atoms with E-state index in [4.69, 9.17) is 4.74 Å². The van der Waals surface area contributed by atoms with Gasteiger partial charge in [0.25, 0.3) is 0 Å². The number of ether oxygens (including phenoxy) is 1. The van der Waals surface area contributed by atoms with E-state index in [1.165, 1.54) is 5.56 Å². The van der Waals surface area contributed by atoms with E-state index in [1.54, 1.807) is 7.11 Å². The third-order valence-corrected chi connectivity index (χ3v) is 3.45. The van der Waals surface area contributed by atoms with E-state index in [9.17, 15) is 0 Å². The summed E-state index contributed by atoms with van der Waals surface area (Å²) in [7, 11) is 1.72. The first kappa shape index (κ1) is 14.9. The topological polar surface area (TPSA) is 21.3 Å². The summed E-state index contributed by atoms with van der Waals surface area (Å²) >= 11 is 0. The molecule has 2 nitrogen and oxygen atoms in total. The highest BCUT2D eigenvalue weighted by Gasteiger charge is 2.17. The van der Waals surface area contributed by atoms with Crippen molar-refractivity contribution in [3.63, 3.8) is 0 Å².